The molecule has 1 aromatic rings. The summed E-state index contributed by atoms with van der Waals surface area (Å²) in [6.45, 7) is 1.47. The zero-order valence-corrected chi connectivity index (χ0v) is 12.7. The molecule has 0 heterocycles. The van der Waals surface area contributed by atoms with Crippen molar-refractivity contribution in [3.63, 3.8) is 0 Å². The van der Waals surface area contributed by atoms with E-state index < -0.39 is 10.2 Å². The molecule has 0 unspecified atom stereocenters. The van der Waals surface area contributed by atoms with Gasteiger partial charge in [0.1, 0.15) is 5.75 Å². The summed E-state index contributed by atoms with van der Waals surface area (Å²) in [7, 11) is 0.856. The van der Waals surface area contributed by atoms with Crippen LogP contribution in [0.4, 0.5) is 5.69 Å². The molecule has 0 saturated carbocycles. The van der Waals surface area contributed by atoms with Crippen LogP contribution in [0, 0.1) is 0 Å². The molecule has 20 heavy (non-hydrogen) atoms. The standard InChI is InChI=1S/C12H19N3O4S/c1-9(16)14-11-5-6-12(19-4)10(7-11)8-13-20(17,18)15(2)3/h5-7,13H,8H2,1-4H3,(H,14,16). The third-order valence-electron chi connectivity index (χ3n) is 2.53. The molecule has 0 radical (unpaired) electrons. The molecule has 0 spiro atoms. The summed E-state index contributed by atoms with van der Waals surface area (Å²) in [6, 6.07) is 5.02. The minimum atomic E-state index is -3.52. The fourth-order valence-corrected chi connectivity index (χ4v) is 2.09. The van der Waals surface area contributed by atoms with Crippen LogP contribution in [0.15, 0.2) is 18.2 Å². The van der Waals surface area contributed by atoms with E-state index in [1.54, 1.807) is 18.2 Å². The number of ether oxygens (including phenoxy) is 1. The Morgan fingerprint density at radius 2 is 2.00 bits per heavy atom. The predicted octanol–water partition coefficient (Wildman–Crippen LogP) is 0.550. The molecule has 0 aliphatic rings. The van der Waals surface area contributed by atoms with Crippen molar-refractivity contribution in [3.8, 4) is 5.75 Å². The molecular formula is C12H19N3O4S. The number of rotatable bonds is 6. The lowest BCUT2D eigenvalue weighted by molar-refractivity contribution is -0.114. The molecule has 0 atom stereocenters. The number of methoxy groups -OCH3 is 1. The van der Waals surface area contributed by atoms with Gasteiger partial charge in [-0.3, -0.25) is 4.79 Å². The molecule has 1 aromatic carbocycles. The number of nitrogens with zero attached hydrogens (tertiary/aromatic N) is 1. The second-order valence-electron chi connectivity index (χ2n) is 4.32. The summed E-state index contributed by atoms with van der Waals surface area (Å²) >= 11 is 0. The SMILES string of the molecule is COc1ccc(NC(C)=O)cc1CNS(=O)(=O)N(C)C. The van der Waals surface area contributed by atoms with Gasteiger partial charge in [0.2, 0.25) is 5.91 Å². The second-order valence-corrected chi connectivity index (χ2v) is 6.29. The Morgan fingerprint density at radius 1 is 1.35 bits per heavy atom. The lowest BCUT2D eigenvalue weighted by Gasteiger charge is -2.15. The normalized spacial score (nSPS) is 11.4. The zero-order valence-electron chi connectivity index (χ0n) is 11.9. The lowest BCUT2D eigenvalue weighted by Crippen LogP contribution is -2.35. The van der Waals surface area contributed by atoms with Crippen LogP contribution >= 0.6 is 0 Å². The smallest absolute Gasteiger partial charge is 0.279 e. The van der Waals surface area contributed by atoms with Gasteiger partial charge in [0.15, 0.2) is 0 Å². The minimum Gasteiger partial charge on any atom is -0.496 e. The van der Waals surface area contributed by atoms with E-state index in [0.717, 1.165) is 4.31 Å². The quantitative estimate of drug-likeness (QED) is 0.803. The monoisotopic (exact) mass is 301 g/mol. The highest BCUT2D eigenvalue weighted by atomic mass is 32.2. The van der Waals surface area contributed by atoms with Gasteiger partial charge in [-0.1, -0.05) is 0 Å². The predicted molar refractivity (Wildman–Crippen MR) is 76.7 cm³/mol. The average molecular weight is 301 g/mol. The van der Waals surface area contributed by atoms with Crippen LogP contribution in [-0.4, -0.2) is 39.8 Å². The number of carbonyl (C=O) groups is 1. The average Bonchev–Trinajstić information content (AvgIpc) is 2.35. The molecule has 1 rings (SSSR count). The maximum Gasteiger partial charge on any atom is 0.279 e. The van der Waals surface area contributed by atoms with Gasteiger partial charge in [-0.15, -0.1) is 0 Å². The largest absolute Gasteiger partial charge is 0.496 e. The summed E-state index contributed by atoms with van der Waals surface area (Å²) in [5.41, 5.74) is 1.21. The highest BCUT2D eigenvalue weighted by Gasteiger charge is 2.14. The van der Waals surface area contributed by atoms with Gasteiger partial charge in [0, 0.05) is 38.8 Å². The molecular weight excluding hydrogens is 282 g/mol. The molecule has 0 fully saturated rings. The van der Waals surface area contributed by atoms with Crippen molar-refractivity contribution >= 4 is 21.8 Å². The molecule has 0 aliphatic carbocycles. The summed E-state index contributed by atoms with van der Waals surface area (Å²) in [5, 5.41) is 2.63. The maximum absolute atomic E-state index is 11.7. The van der Waals surface area contributed by atoms with Gasteiger partial charge in [-0.05, 0) is 18.2 Å². The molecule has 0 aliphatic heterocycles. The van der Waals surface area contributed by atoms with E-state index in [9.17, 15) is 13.2 Å². The molecule has 0 bridgehead atoms. The van der Waals surface area contributed by atoms with E-state index in [-0.39, 0.29) is 12.5 Å². The van der Waals surface area contributed by atoms with Gasteiger partial charge in [-0.2, -0.15) is 17.4 Å². The van der Waals surface area contributed by atoms with Gasteiger partial charge >= 0.3 is 0 Å². The maximum atomic E-state index is 11.7. The second kappa shape index (κ2) is 6.69. The summed E-state index contributed by atoms with van der Waals surface area (Å²) in [4.78, 5) is 11.0. The number of benzene rings is 1. The fraction of sp³-hybridized carbons (Fsp3) is 0.417. The molecule has 0 saturated heterocycles. The number of carbonyl (C=O) groups excluding carboxylic acids is 1. The highest BCUT2D eigenvalue weighted by molar-refractivity contribution is 7.87. The van der Waals surface area contributed by atoms with Gasteiger partial charge in [0.25, 0.3) is 10.2 Å². The zero-order chi connectivity index (χ0) is 15.3. The van der Waals surface area contributed by atoms with Crippen molar-refractivity contribution < 1.29 is 17.9 Å². The van der Waals surface area contributed by atoms with E-state index >= 15 is 0 Å². The van der Waals surface area contributed by atoms with Crippen molar-refractivity contribution in [2.75, 3.05) is 26.5 Å². The molecule has 112 valence electrons. The van der Waals surface area contributed by atoms with Gasteiger partial charge in [0.05, 0.1) is 7.11 Å². The van der Waals surface area contributed by atoms with E-state index in [0.29, 0.717) is 17.0 Å². The number of amides is 1. The van der Waals surface area contributed by atoms with Gasteiger partial charge < -0.3 is 10.1 Å². The fourth-order valence-electron chi connectivity index (χ4n) is 1.50. The van der Waals surface area contributed by atoms with Crippen LogP contribution in [0.1, 0.15) is 12.5 Å². The first kappa shape index (κ1) is 16.4. The first-order valence-electron chi connectivity index (χ1n) is 5.88. The Kier molecular flexibility index (Phi) is 5.49. The number of anilines is 1. The van der Waals surface area contributed by atoms with Crippen molar-refractivity contribution in [1.82, 2.24) is 9.03 Å². The Labute approximate surface area is 119 Å². The van der Waals surface area contributed by atoms with Crippen molar-refractivity contribution in [3.05, 3.63) is 23.8 Å². The summed E-state index contributed by atoms with van der Waals surface area (Å²) in [6.07, 6.45) is 0. The Bertz CT molecular complexity index is 584. The van der Waals surface area contributed by atoms with Crippen LogP contribution in [0.2, 0.25) is 0 Å². The topological polar surface area (TPSA) is 87.7 Å². The summed E-state index contributed by atoms with van der Waals surface area (Å²) in [5.74, 6) is 0.343. The van der Waals surface area contributed by atoms with Crippen LogP contribution in [0.5, 0.6) is 5.75 Å². The first-order chi connectivity index (χ1) is 9.26. The number of nitrogens with one attached hydrogen (secondary N) is 2. The molecule has 2 N–H and O–H groups in total. The first-order valence-corrected chi connectivity index (χ1v) is 7.32. The third-order valence-corrected chi connectivity index (χ3v) is 4.00. The number of hydrogen-bond donors (Lipinski definition) is 2. The van der Waals surface area contributed by atoms with E-state index in [1.807, 2.05) is 0 Å². The number of hydrogen-bond acceptors (Lipinski definition) is 4. The van der Waals surface area contributed by atoms with Crippen LogP contribution in [-0.2, 0) is 21.5 Å². The van der Waals surface area contributed by atoms with Crippen molar-refractivity contribution in [2.24, 2.45) is 0 Å². The Hall–Kier alpha value is -1.64. The third kappa shape index (κ3) is 4.48. The van der Waals surface area contributed by atoms with E-state index in [1.165, 1.54) is 28.1 Å². The summed E-state index contributed by atoms with van der Waals surface area (Å²) < 4.78 is 32.0. The minimum absolute atomic E-state index is 0.0666. The van der Waals surface area contributed by atoms with Crippen LogP contribution in [0.3, 0.4) is 0 Å². The van der Waals surface area contributed by atoms with Crippen molar-refractivity contribution in [1.29, 1.82) is 0 Å². The lowest BCUT2D eigenvalue weighted by atomic mass is 10.2. The van der Waals surface area contributed by atoms with E-state index in [2.05, 4.69) is 10.0 Å². The highest BCUT2D eigenvalue weighted by Crippen LogP contribution is 2.22. The molecule has 7 nitrogen and oxygen atoms in total. The van der Waals surface area contributed by atoms with Crippen LogP contribution < -0.4 is 14.8 Å². The molecule has 8 heteroatoms. The molecule has 1 amide bonds. The van der Waals surface area contributed by atoms with Crippen molar-refractivity contribution in [2.45, 2.75) is 13.5 Å². The van der Waals surface area contributed by atoms with E-state index in [4.69, 9.17) is 4.74 Å². The Morgan fingerprint density at radius 3 is 2.50 bits per heavy atom. The van der Waals surface area contributed by atoms with Gasteiger partial charge in [-0.25, -0.2) is 0 Å². The molecule has 0 aromatic heterocycles. The Balaban J connectivity index is 2.94. The van der Waals surface area contributed by atoms with Crippen LogP contribution in [0.25, 0.3) is 0 Å².